The molecule has 20 heavy (non-hydrogen) atoms. The van der Waals surface area contributed by atoms with Gasteiger partial charge >= 0.3 is 6.03 Å². The molecule has 3 aliphatic rings. The molecule has 7 heteroatoms. The number of carbonyl (C=O) groups is 2. The normalized spacial score (nSPS) is 31.4. The fraction of sp³-hybridized carbons (Fsp3) is 0.769. The van der Waals surface area contributed by atoms with Crippen LogP contribution in [0.3, 0.4) is 0 Å². The Morgan fingerprint density at radius 2 is 1.80 bits per heavy atom. The Labute approximate surface area is 118 Å². The molecule has 2 atom stereocenters. The van der Waals surface area contributed by atoms with Gasteiger partial charge in [-0.2, -0.15) is 0 Å². The zero-order valence-electron chi connectivity index (χ0n) is 12.2. The molecule has 3 aliphatic heterocycles. The summed E-state index contributed by atoms with van der Waals surface area (Å²) in [6.45, 7) is 4.18. The second kappa shape index (κ2) is 4.64. The molecule has 3 amide bonds. The summed E-state index contributed by atoms with van der Waals surface area (Å²) in [6, 6.07) is -0.783. The van der Waals surface area contributed by atoms with E-state index in [4.69, 9.17) is 0 Å². The first-order chi connectivity index (χ1) is 9.49. The zero-order valence-corrected chi connectivity index (χ0v) is 12.2. The van der Waals surface area contributed by atoms with Gasteiger partial charge in [0.15, 0.2) is 18.2 Å². The Kier molecular flexibility index (Phi) is 3.07. The molecule has 3 rings (SSSR count). The summed E-state index contributed by atoms with van der Waals surface area (Å²) in [5.41, 5.74) is 0. The number of aliphatic imine (C=N–C) groups is 1. The number of likely N-dealkylation sites (N-methyl/N-ethyl adjacent to an activating group) is 2. The minimum absolute atomic E-state index is 0.260. The number of urea groups is 1. The largest absolute Gasteiger partial charge is 0.343 e. The van der Waals surface area contributed by atoms with E-state index in [1.807, 2.05) is 11.9 Å². The molecule has 0 radical (unpaired) electrons. The lowest BCUT2D eigenvalue weighted by Gasteiger charge is -2.37. The molecule has 2 saturated heterocycles. The number of hydrogen-bond donors (Lipinski definition) is 1. The maximum Gasteiger partial charge on any atom is 0.325 e. The number of amides is 3. The number of piperidine rings is 1. The quantitative estimate of drug-likeness (QED) is 0.672. The third-order valence-electron chi connectivity index (χ3n) is 4.55. The van der Waals surface area contributed by atoms with E-state index in [-0.39, 0.29) is 11.9 Å². The van der Waals surface area contributed by atoms with Crippen molar-refractivity contribution in [3.05, 3.63) is 0 Å². The van der Waals surface area contributed by atoms with Crippen molar-refractivity contribution in [1.29, 1.82) is 0 Å². The molecule has 0 aromatic heterocycles. The van der Waals surface area contributed by atoms with E-state index in [2.05, 4.69) is 22.1 Å². The Bertz CT molecular complexity index is 469. The summed E-state index contributed by atoms with van der Waals surface area (Å²) in [7, 11) is 3.56. The molecule has 2 unspecified atom stereocenters. The number of nitrogens with zero attached hydrogens (tertiary/aromatic N) is 4. The van der Waals surface area contributed by atoms with Gasteiger partial charge < -0.3 is 14.7 Å². The number of carbonyl (C=O) groups excluding carboxylic acids is 2. The Morgan fingerprint density at radius 1 is 1.15 bits per heavy atom. The zero-order chi connectivity index (χ0) is 14.4. The molecule has 7 nitrogen and oxygen atoms in total. The van der Waals surface area contributed by atoms with Crippen molar-refractivity contribution in [2.75, 3.05) is 27.2 Å². The number of hydrogen-bond acceptors (Lipinski definition) is 5. The highest BCUT2D eigenvalue weighted by Gasteiger charge is 2.48. The maximum absolute atomic E-state index is 12.0. The van der Waals surface area contributed by atoms with Crippen LogP contribution >= 0.6 is 0 Å². The van der Waals surface area contributed by atoms with Gasteiger partial charge in [0.05, 0.1) is 0 Å². The summed E-state index contributed by atoms with van der Waals surface area (Å²) in [5.74, 6) is 1.32. The summed E-state index contributed by atoms with van der Waals surface area (Å²) < 4.78 is 0. The summed E-state index contributed by atoms with van der Waals surface area (Å²) in [5, 5.41) is 2.38. The lowest BCUT2D eigenvalue weighted by atomic mass is 9.99. The van der Waals surface area contributed by atoms with Crippen LogP contribution in [0.1, 0.15) is 19.8 Å². The molecule has 0 saturated carbocycles. The SMILES string of the molecule is CC1CCN(C2=NC3C(C(=O)NC(=O)N3C)N2C)CC1. The first kappa shape index (κ1) is 13.2. The van der Waals surface area contributed by atoms with Crippen molar-refractivity contribution < 1.29 is 9.59 Å². The third kappa shape index (κ3) is 1.92. The van der Waals surface area contributed by atoms with Crippen LogP contribution in [0, 0.1) is 5.92 Å². The van der Waals surface area contributed by atoms with Crippen molar-refractivity contribution in [2.24, 2.45) is 10.9 Å². The minimum Gasteiger partial charge on any atom is -0.343 e. The van der Waals surface area contributed by atoms with Gasteiger partial charge in [0, 0.05) is 27.2 Å². The van der Waals surface area contributed by atoms with Crippen LogP contribution in [0.15, 0.2) is 4.99 Å². The molecule has 110 valence electrons. The number of rotatable bonds is 0. The molecule has 0 aromatic carbocycles. The van der Waals surface area contributed by atoms with E-state index in [1.54, 1.807) is 7.05 Å². The van der Waals surface area contributed by atoms with Crippen LogP contribution in [0.25, 0.3) is 0 Å². The molecule has 3 heterocycles. The predicted molar refractivity (Wildman–Crippen MR) is 74.0 cm³/mol. The standard InChI is InChI=1S/C13H21N5O2/c1-8-4-6-18(7-5-8)12-14-10-9(16(12)2)11(19)15-13(20)17(10)3/h8-10H,4-7H2,1-3H3,(H,15,19,20). The minimum atomic E-state index is -0.410. The van der Waals surface area contributed by atoms with Crippen LogP contribution in [0.4, 0.5) is 4.79 Å². The van der Waals surface area contributed by atoms with E-state index in [1.165, 1.54) is 4.90 Å². The van der Waals surface area contributed by atoms with Crippen molar-refractivity contribution in [3.63, 3.8) is 0 Å². The van der Waals surface area contributed by atoms with Gasteiger partial charge in [-0.15, -0.1) is 0 Å². The first-order valence-electron chi connectivity index (χ1n) is 7.12. The van der Waals surface area contributed by atoms with Crippen LogP contribution in [0.5, 0.6) is 0 Å². The molecular weight excluding hydrogens is 258 g/mol. The van der Waals surface area contributed by atoms with Crippen molar-refractivity contribution in [2.45, 2.75) is 32.0 Å². The monoisotopic (exact) mass is 279 g/mol. The van der Waals surface area contributed by atoms with E-state index in [0.717, 1.165) is 37.8 Å². The van der Waals surface area contributed by atoms with Gasteiger partial charge in [0.2, 0.25) is 0 Å². The second-order valence-electron chi connectivity index (χ2n) is 5.97. The first-order valence-corrected chi connectivity index (χ1v) is 7.12. The fourth-order valence-electron chi connectivity index (χ4n) is 3.12. The number of likely N-dealkylation sites (tertiary alicyclic amines) is 1. The van der Waals surface area contributed by atoms with Gasteiger partial charge in [0.1, 0.15) is 0 Å². The van der Waals surface area contributed by atoms with Crippen molar-refractivity contribution in [3.8, 4) is 0 Å². The fourth-order valence-corrected chi connectivity index (χ4v) is 3.12. The molecular formula is C13H21N5O2. The summed E-state index contributed by atoms with van der Waals surface area (Å²) in [4.78, 5) is 34.0. The Morgan fingerprint density at radius 3 is 2.45 bits per heavy atom. The second-order valence-corrected chi connectivity index (χ2v) is 5.97. The molecule has 1 N–H and O–H groups in total. The number of imide groups is 1. The summed E-state index contributed by atoms with van der Waals surface area (Å²) >= 11 is 0. The van der Waals surface area contributed by atoms with E-state index >= 15 is 0 Å². The van der Waals surface area contributed by atoms with Crippen LogP contribution in [0.2, 0.25) is 0 Å². The molecule has 0 aromatic rings. The van der Waals surface area contributed by atoms with Gasteiger partial charge in [-0.05, 0) is 18.8 Å². The lowest BCUT2D eigenvalue weighted by molar-refractivity contribution is -0.126. The molecule has 2 fully saturated rings. The van der Waals surface area contributed by atoms with Crippen molar-refractivity contribution in [1.82, 2.24) is 20.0 Å². The molecule has 0 spiro atoms. The van der Waals surface area contributed by atoms with Gasteiger partial charge in [-0.3, -0.25) is 10.1 Å². The number of nitrogens with one attached hydrogen (secondary N) is 1. The van der Waals surface area contributed by atoms with E-state index < -0.39 is 12.2 Å². The third-order valence-corrected chi connectivity index (χ3v) is 4.55. The summed E-state index contributed by atoms with van der Waals surface area (Å²) in [6.07, 6.45) is 1.88. The van der Waals surface area contributed by atoms with Crippen molar-refractivity contribution >= 4 is 17.9 Å². The van der Waals surface area contributed by atoms with Gasteiger partial charge in [0.25, 0.3) is 5.91 Å². The van der Waals surface area contributed by atoms with Crippen LogP contribution in [-0.2, 0) is 4.79 Å². The number of guanidine groups is 1. The van der Waals surface area contributed by atoms with E-state index in [0.29, 0.717) is 0 Å². The average molecular weight is 279 g/mol. The Balaban J connectivity index is 1.83. The smallest absolute Gasteiger partial charge is 0.325 e. The van der Waals surface area contributed by atoms with Gasteiger partial charge in [-0.1, -0.05) is 6.92 Å². The average Bonchev–Trinajstić information content (AvgIpc) is 2.76. The molecule has 0 aliphatic carbocycles. The lowest BCUT2D eigenvalue weighted by Crippen LogP contribution is -2.63. The topological polar surface area (TPSA) is 68.2 Å². The van der Waals surface area contributed by atoms with Crippen LogP contribution in [-0.4, -0.2) is 72.0 Å². The number of fused-ring (bicyclic) bond motifs is 1. The molecule has 0 bridgehead atoms. The maximum atomic E-state index is 12.0. The predicted octanol–water partition coefficient (Wildman–Crippen LogP) is -0.104. The van der Waals surface area contributed by atoms with Crippen LogP contribution < -0.4 is 5.32 Å². The highest BCUT2D eigenvalue weighted by atomic mass is 16.2. The van der Waals surface area contributed by atoms with Gasteiger partial charge in [-0.25, -0.2) is 9.79 Å². The van der Waals surface area contributed by atoms with E-state index in [9.17, 15) is 9.59 Å². The Hall–Kier alpha value is -1.79. The highest BCUT2D eigenvalue weighted by molar-refractivity contribution is 6.03. The highest BCUT2D eigenvalue weighted by Crippen LogP contribution is 2.26.